The van der Waals surface area contributed by atoms with Crippen molar-refractivity contribution in [1.82, 2.24) is 30.4 Å². The number of carbonyl (C=O) groups excluding carboxylic acids is 1. The molecule has 0 atom stereocenters. The summed E-state index contributed by atoms with van der Waals surface area (Å²) in [5.41, 5.74) is 2.08. The number of hydrogen-bond donors (Lipinski definition) is 3. The molecule has 0 bridgehead atoms. The number of carbonyl (C=O) groups is 1. The van der Waals surface area contributed by atoms with Crippen LogP contribution in [0.4, 0.5) is 17.6 Å². The molecule has 0 aliphatic carbocycles. The van der Waals surface area contributed by atoms with Gasteiger partial charge in [0.05, 0.1) is 6.54 Å². The fourth-order valence-corrected chi connectivity index (χ4v) is 2.64. The maximum Gasteiger partial charge on any atom is 0.251 e. The fraction of sp³-hybridized carbons (Fsp3) is 0.100. The minimum atomic E-state index is -0.175. The number of benzene rings is 2. The van der Waals surface area contributed by atoms with Gasteiger partial charge in [0.15, 0.2) is 0 Å². The molecule has 0 saturated carbocycles. The van der Waals surface area contributed by atoms with Crippen LogP contribution in [-0.2, 0) is 6.54 Å². The Hall–Kier alpha value is -4.34. The first-order valence-electron chi connectivity index (χ1n) is 9.11. The van der Waals surface area contributed by atoms with Gasteiger partial charge in [0.2, 0.25) is 23.6 Å². The van der Waals surface area contributed by atoms with E-state index in [1.165, 1.54) is 6.33 Å². The van der Waals surface area contributed by atoms with Gasteiger partial charge >= 0.3 is 0 Å². The maximum absolute atomic E-state index is 11.8. The highest BCUT2D eigenvalue weighted by Crippen LogP contribution is 2.17. The van der Waals surface area contributed by atoms with Crippen molar-refractivity contribution in [3.05, 3.63) is 72.4 Å². The molecule has 1 amide bonds. The lowest BCUT2D eigenvalue weighted by Crippen LogP contribution is -2.17. The number of nitrogens with zero attached hydrogens (tertiary/aromatic N) is 5. The lowest BCUT2D eigenvalue weighted by molar-refractivity contribution is 0.0963. The lowest BCUT2D eigenvalue weighted by Gasteiger charge is -2.07. The third kappa shape index (κ3) is 4.55. The van der Waals surface area contributed by atoms with Crippen LogP contribution in [0, 0.1) is 0 Å². The van der Waals surface area contributed by atoms with Crippen molar-refractivity contribution in [3.8, 4) is 11.4 Å². The van der Waals surface area contributed by atoms with Crippen molar-refractivity contribution in [2.75, 3.05) is 17.7 Å². The summed E-state index contributed by atoms with van der Waals surface area (Å²) in [6.45, 7) is 0.259. The van der Waals surface area contributed by atoms with E-state index in [-0.39, 0.29) is 12.5 Å². The van der Waals surface area contributed by atoms with Crippen LogP contribution in [0.25, 0.3) is 11.4 Å². The van der Waals surface area contributed by atoms with Crippen molar-refractivity contribution in [2.45, 2.75) is 6.54 Å². The summed E-state index contributed by atoms with van der Waals surface area (Å²) in [4.78, 5) is 28.6. The quantitative estimate of drug-likeness (QED) is 0.427. The molecule has 0 spiro atoms. The van der Waals surface area contributed by atoms with Crippen LogP contribution in [0.5, 0.6) is 0 Å². The number of anilines is 3. The third-order valence-electron chi connectivity index (χ3n) is 4.08. The predicted octanol–water partition coefficient (Wildman–Crippen LogP) is 2.64. The van der Waals surface area contributed by atoms with Gasteiger partial charge in [-0.15, -0.1) is 0 Å². The van der Waals surface area contributed by atoms with Gasteiger partial charge in [0.25, 0.3) is 5.91 Å². The predicted molar refractivity (Wildman–Crippen MR) is 110 cm³/mol. The van der Waals surface area contributed by atoms with Crippen LogP contribution in [0.3, 0.4) is 0 Å². The minimum absolute atomic E-state index is 0.175. The Morgan fingerprint density at radius 3 is 2.67 bits per heavy atom. The summed E-state index contributed by atoms with van der Waals surface area (Å²) in [7, 11) is 1.58. The zero-order chi connectivity index (χ0) is 20.8. The highest BCUT2D eigenvalue weighted by atomic mass is 16.5. The molecule has 0 aliphatic rings. The SMILES string of the molecule is CNC(=O)c1cccc(Nc2ncnc(NCc3nc(-c4ccccc4)no3)n2)c1. The Bertz CT molecular complexity index is 1150. The molecule has 0 unspecified atom stereocenters. The monoisotopic (exact) mass is 402 g/mol. The molecule has 4 rings (SSSR count). The molecular formula is C20H18N8O2. The Balaban J connectivity index is 1.41. The normalized spacial score (nSPS) is 10.4. The van der Waals surface area contributed by atoms with E-state index in [9.17, 15) is 4.79 Å². The van der Waals surface area contributed by atoms with E-state index in [0.717, 1.165) is 5.56 Å². The van der Waals surface area contributed by atoms with Gasteiger partial charge in [-0.25, -0.2) is 9.97 Å². The average Bonchev–Trinajstić information content (AvgIpc) is 3.27. The molecule has 30 heavy (non-hydrogen) atoms. The zero-order valence-corrected chi connectivity index (χ0v) is 16.0. The first-order chi connectivity index (χ1) is 14.7. The molecule has 4 aromatic rings. The molecule has 0 aliphatic heterocycles. The number of rotatable bonds is 7. The van der Waals surface area contributed by atoms with Crippen LogP contribution in [0.15, 0.2) is 65.4 Å². The summed E-state index contributed by atoms with van der Waals surface area (Å²) in [5.74, 6) is 1.42. The number of hydrogen-bond acceptors (Lipinski definition) is 9. The second-order valence-corrected chi connectivity index (χ2v) is 6.15. The Kier molecular flexibility index (Phi) is 5.56. The van der Waals surface area contributed by atoms with Crippen molar-refractivity contribution >= 4 is 23.5 Å². The van der Waals surface area contributed by atoms with E-state index in [0.29, 0.717) is 34.9 Å². The molecular weight excluding hydrogens is 384 g/mol. The van der Waals surface area contributed by atoms with E-state index in [2.05, 4.69) is 41.0 Å². The van der Waals surface area contributed by atoms with Gasteiger partial charge in [0, 0.05) is 23.9 Å². The summed E-state index contributed by atoms with van der Waals surface area (Å²) in [6, 6.07) is 16.6. The highest BCUT2D eigenvalue weighted by molar-refractivity contribution is 5.95. The second-order valence-electron chi connectivity index (χ2n) is 6.15. The van der Waals surface area contributed by atoms with E-state index in [1.807, 2.05) is 36.4 Å². The molecule has 10 heteroatoms. The van der Waals surface area contributed by atoms with Crippen LogP contribution in [0.1, 0.15) is 16.2 Å². The van der Waals surface area contributed by atoms with Gasteiger partial charge in [-0.1, -0.05) is 41.6 Å². The topological polar surface area (TPSA) is 131 Å². The molecule has 2 aromatic carbocycles. The summed E-state index contributed by atoms with van der Waals surface area (Å²) in [5, 5.41) is 12.6. The number of amides is 1. The number of nitrogens with one attached hydrogen (secondary N) is 3. The van der Waals surface area contributed by atoms with Crippen LogP contribution in [0.2, 0.25) is 0 Å². The van der Waals surface area contributed by atoms with Crippen LogP contribution >= 0.6 is 0 Å². The van der Waals surface area contributed by atoms with Gasteiger partial charge in [-0.05, 0) is 18.2 Å². The minimum Gasteiger partial charge on any atom is -0.355 e. The summed E-state index contributed by atoms with van der Waals surface area (Å²) in [6.07, 6.45) is 1.38. The Labute approximate surface area is 171 Å². The average molecular weight is 402 g/mol. The first-order valence-corrected chi connectivity index (χ1v) is 9.11. The zero-order valence-electron chi connectivity index (χ0n) is 16.0. The van der Waals surface area contributed by atoms with E-state index in [4.69, 9.17) is 4.52 Å². The largest absolute Gasteiger partial charge is 0.355 e. The Morgan fingerprint density at radius 1 is 1.00 bits per heavy atom. The summed E-state index contributed by atoms with van der Waals surface area (Å²) < 4.78 is 5.26. The molecule has 2 heterocycles. The van der Waals surface area contributed by atoms with E-state index in [1.54, 1.807) is 25.2 Å². The van der Waals surface area contributed by atoms with Crippen LogP contribution < -0.4 is 16.0 Å². The van der Waals surface area contributed by atoms with Gasteiger partial charge in [-0.3, -0.25) is 4.79 Å². The highest BCUT2D eigenvalue weighted by Gasteiger charge is 2.09. The van der Waals surface area contributed by atoms with Crippen LogP contribution in [-0.4, -0.2) is 38.0 Å². The first kappa shape index (κ1) is 19.0. The molecule has 2 aromatic heterocycles. The maximum atomic E-state index is 11.8. The van der Waals surface area contributed by atoms with Crippen molar-refractivity contribution in [3.63, 3.8) is 0 Å². The fourth-order valence-electron chi connectivity index (χ4n) is 2.64. The second kappa shape index (κ2) is 8.78. The smallest absolute Gasteiger partial charge is 0.251 e. The lowest BCUT2D eigenvalue weighted by atomic mass is 10.2. The third-order valence-corrected chi connectivity index (χ3v) is 4.08. The molecule has 0 saturated heterocycles. The number of aromatic nitrogens is 5. The van der Waals surface area contributed by atoms with E-state index >= 15 is 0 Å². The van der Waals surface area contributed by atoms with Crippen molar-refractivity contribution < 1.29 is 9.32 Å². The van der Waals surface area contributed by atoms with E-state index < -0.39 is 0 Å². The van der Waals surface area contributed by atoms with Gasteiger partial charge < -0.3 is 20.5 Å². The van der Waals surface area contributed by atoms with Crippen molar-refractivity contribution in [1.29, 1.82) is 0 Å². The molecule has 3 N–H and O–H groups in total. The molecule has 0 radical (unpaired) electrons. The van der Waals surface area contributed by atoms with Crippen molar-refractivity contribution in [2.24, 2.45) is 0 Å². The standard InChI is InChI=1S/C20H18N8O2/c1-21-18(29)14-8-5-9-15(10-14)25-20-24-12-23-19(27-20)22-11-16-26-17(28-30-16)13-6-3-2-4-7-13/h2-10,12H,11H2,1H3,(H,21,29)(H2,22,23,24,25,27). The molecule has 150 valence electrons. The molecule has 0 fully saturated rings. The molecule has 10 nitrogen and oxygen atoms in total. The van der Waals surface area contributed by atoms with Gasteiger partial charge in [0.1, 0.15) is 6.33 Å². The Morgan fingerprint density at radius 2 is 1.83 bits per heavy atom. The summed E-state index contributed by atoms with van der Waals surface area (Å²) >= 11 is 0. The van der Waals surface area contributed by atoms with Gasteiger partial charge in [-0.2, -0.15) is 9.97 Å².